The van der Waals surface area contributed by atoms with Crippen molar-refractivity contribution in [1.82, 2.24) is 0 Å². The third-order valence-corrected chi connectivity index (χ3v) is 5.40. The summed E-state index contributed by atoms with van der Waals surface area (Å²) in [6.45, 7) is 0. The average Bonchev–Trinajstić information content (AvgIpc) is 3.40. The van der Waals surface area contributed by atoms with Crippen LogP contribution in [0.4, 0.5) is 0 Å². The highest BCUT2D eigenvalue weighted by molar-refractivity contribution is 9.10. The van der Waals surface area contributed by atoms with Gasteiger partial charge in [0.1, 0.15) is 11.5 Å². The second-order valence-electron chi connectivity index (χ2n) is 6.32. The molecule has 2 aromatic carbocycles. The molecule has 5 heteroatoms. The topological polar surface area (TPSA) is 18.5 Å². The second-order valence-corrected chi connectivity index (χ2v) is 8.15. The number of hydrogen-bond acceptors (Lipinski definition) is 2. The Morgan fingerprint density at radius 2 is 1.17 bits per heavy atom. The maximum absolute atomic E-state index is 5.95. The molecule has 0 aliphatic heterocycles. The van der Waals surface area contributed by atoms with E-state index in [1.54, 1.807) is 0 Å². The Morgan fingerprint density at radius 1 is 0.739 bits per heavy atom. The summed E-state index contributed by atoms with van der Waals surface area (Å²) in [5.41, 5.74) is 2.60. The maximum Gasteiger partial charge on any atom is 0.576 e. The van der Waals surface area contributed by atoms with E-state index in [0.29, 0.717) is 11.8 Å². The van der Waals surface area contributed by atoms with Gasteiger partial charge in [-0.05, 0) is 72.9 Å². The highest BCUT2D eigenvalue weighted by Crippen LogP contribution is 2.46. The van der Waals surface area contributed by atoms with Crippen LogP contribution in [-0.2, 0) is 0 Å². The molecule has 2 aliphatic rings. The third kappa shape index (κ3) is 3.77. The molecule has 0 unspecified atom stereocenters. The zero-order valence-electron chi connectivity index (χ0n) is 12.7. The molecule has 0 amide bonds. The van der Waals surface area contributed by atoms with Crippen LogP contribution in [0.2, 0.25) is 0 Å². The van der Waals surface area contributed by atoms with Crippen LogP contribution < -0.4 is 9.31 Å². The molecule has 0 spiro atoms. The predicted molar refractivity (Wildman–Crippen MR) is 101 cm³/mol. The van der Waals surface area contributed by atoms with Gasteiger partial charge in [0.2, 0.25) is 0 Å². The highest BCUT2D eigenvalue weighted by Gasteiger charge is 2.28. The maximum atomic E-state index is 5.95. The van der Waals surface area contributed by atoms with E-state index in [4.69, 9.17) is 9.31 Å². The van der Waals surface area contributed by atoms with Crippen molar-refractivity contribution in [2.24, 2.45) is 0 Å². The monoisotopic (exact) mass is 434 g/mol. The van der Waals surface area contributed by atoms with Crippen molar-refractivity contribution >= 4 is 39.5 Å². The van der Waals surface area contributed by atoms with Crippen LogP contribution in [0.5, 0.6) is 11.5 Å². The van der Waals surface area contributed by atoms with E-state index >= 15 is 0 Å². The van der Waals surface area contributed by atoms with Crippen LogP contribution in [0.3, 0.4) is 0 Å². The molecule has 0 bridgehead atoms. The minimum atomic E-state index is 0.242. The fourth-order valence-electron chi connectivity index (χ4n) is 2.89. The van der Waals surface area contributed by atoms with Gasteiger partial charge in [0.05, 0.1) is 0 Å². The molecule has 2 fully saturated rings. The molecule has 118 valence electrons. The van der Waals surface area contributed by atoms with E-state index in [2.05, 4.69) is 56.1 Å². The van der Waals surface area contributed by atoms with Crippen molar-refractivity contribution in [3.63, 3.8) is 0 Å². The zero-order chi connectivity index (χ0) is 15.8. The lowest BCUT2D eigenvalue weighted by Gasteiger charge is -2.14. The Bertz CT molecular complexity index is 665. The van der Waals surface area contributed by atoms with E-state index < -0.39 is 0 Å². The van der Waals surface area contributed by atoms with E-state index in [1.807, 2.05) is 12.1 Å². The van der Waals surface area contributed by atoms with Gasteiger partial charge in [0, 0.05) is 8.95 Å². The van der Waals surface area contributed by atoms with Crippen molar-refractivity contribution in [3.05, 3.63) is 56.5 Å². The summed E-state index contributed by atoms with van der Waals surface area (Å²) in [5.74, 6) is 3.19. The van der Waals surface area contributed by atoms with Crippen LogP contribution in [0.25, 0.3) is 0 Å². The van der Waals surface area contributed by atoms with Gasteiger partial charge in [-0.3, -0.25) is 0 Å². The number of halogens is 2. The molecule has 4 rings (SSSR count). The van der Waals surface area contributed by atoms with E-state index in [1.165, 1.54) is 36.8 Å². The molecule has 2 nitrogen and oxygen atoms in total. The summed E-state index contributed by atoms with van der Waals surface area (Å²) < 4.78 is 14.0. The summed E-state index contributed by atoms with van der Waals surface area (Å²) in [7, 11) is 0.242. The largest absolute Gasteiger partial charge is 0.576 e. The van der Waals surface area contributed by atoms with Gasteiger partial charge in [-0.25, -0.2) is 0 Å². The summed E-state index contributed by atoms with van der Waals surface area (Å²) in [5, 5.41) is 0. The fourth-order valence-corrected chi connectivity index (χ4v) is 3.57. The van der Waals surface area contributed by atoms with Crippen LogP contribution in [-0.4, -0.2) is 7.69 Å². The van der Waals surface area contributed by atoms with Gasteiger partial charge in [-0.2, -0.15) is 0 Å². The minimum absolute atomic E-state index is 0.242. The van der Waals surface area contributed by atoms with Gasteiger partial charge >= 0.3 is 7.69 Å². The van der Waals surface area contributed by atoms with Gasteiger partial charge in [0.25, 0.3) is 0 Å². The molecule has 2 aromatic rings. The van der Waals surface area contributed by atoms with Gasteiger partial charge in [0.15, 0.2) is 0 Å². The average molecular weight is 436 g/mol. The summed E-state index contributed by atoms with van der Waals surface area (Å²) >= 11 is 7.05. The first kappa shape index (κ1) is 15.6. The number of hydrogen-bond donors (Lipinski definition) is 0. The number of benzene rings is 2. The quantitative estimate of drug-likeness (QED) is 0.542. The molecule has 0 radical (unpaired) electrons. The lowest BCUT2D eigenvalue weighted by molar-refractivity contribution is 0.452. The second kappa shape index (κ2) is 6.52. The van der Waals surface area contributed by atoms with E-state index in [-0.39, 0.29) is 7.69 Å². The molecule has 2 aliphatic carbocycles. The molecule has 2 saturated carbocycles. The molecule has 0 saturated heterocycles. The Morgan fingerprint density at radius 3 is 1.57 bits per heavy atom. The van der Waals surface area contributed by atoms with E-state index in [9.17, 15) is 0 Å². The lowest BCUT2D eigenvalue weighted by Crippen LogP contribution is -2.13. The van der Waals surface area contributed by atoms with Gasteiger partial charge in [-0.15, -0.1) is 0 Å². The van der Waals surface area contributed by atoms with Gasteiger partial charge in [-0.1, -0.05) is 44.0 Å². The van der Waals surface area contributed by atoms with Crippen LogP contribution in [0, 0.1) is 0 Å². The minimum Gasteiger partial charge on any atom is -0.528 e. The standard InChI is InChI=1S/C18H17BBr2O2/c20-13-5-7-15(11-1-2-11)17(9-13)22-19-23-18-10-14(21)6-8-16(18)12-3-4-12/h5-12,19H,1-4H2. The molecule has 0 N–H and O–H groups in total. The van der Waals surface area contributed by atoms with E-state index in [0.717, 1.165) is 20.4 Å². The summed E-state index contributed by atoms with van der Waals surface area (Å²) in [6, 6.07) is 12.6. The third-order valence-electron chi connectivity index (χ3n) is 4.41. The summed E-state index contributed by atoms with van der Waals surface area (Å²) in [4.78, 5) is 0. The zero-order valence-corrected chi connectivity index (χ0v) is 15.9. The molecule has 0 aromatic heterocycles. The predicted octanol–water partition coefficient (Wildman–Crippen LogP) is 5.69. The summed E-state index contributed by atoms with van der Waals surface area (Å²) in [6.07, 6.45) is 5.04. The van der Waals surface area contributed by atoms with Crippen LogP contribution in [0.15, 0.2) is 45.3 Å². The van der Waals surface area contributed by atoms with Crippen molar-refractivity contribution < 1.29 is 9.31 Å². The Hall–Kier alpha value is -0.935. The van der Waals surface area contributed by atoms with Crippen molar-refractivity contribution in [2.45, 2.75) is 37.5 Å². The van der Waals surface area contributed by atoms with Gasteiger partial charge < -0.3 is 9.31 Å². The SMILES string of the molecule is Brc1ccc(C2CC2)c(OBOc2cc(Br)ccc2C2CC2)c1. The smallest absolute Gasteiger partial charge is 0.528 e. The van der Waals surface area contributed by atoms with Crippen molar-refractivity contribution in [2.75, 3.05) is 0 Å². The fraction of sp³-hybridized carbons (Fsp3) is 0.333. The normalized spacial score (nSPS) is 17.0. The molecular formula is C18H17BBr2O2. The van der Waals surface area contributed by atoms with Crippen molar-refractivity contribution in [1.29, 1.82) is 0 Å². The highest BCUT2D eigenvalue weighted by atomic mass is 79.9. The molecule has 23 heavy (non-hydrogen) atoms. The van der Waals surface area contributed by atoms with Crippen molar-refractivity contribution in [3.8, 4) is 11.5 Å². The first-order valence-corrected chi connectivity index (χ1v) is 9.64. The number of rotatable bonds is 6. The first-order chi connectivity index (χ1) is 11.2. The Kier molecular flexibility index (Phi) is 4.42. The molecule has 0 heterocycles. The lowest BCUT2D eigenvalue weighted by atomic mass is 10.1. The molecule has 0 atom stereocenters. The van der Waals surface area contributed by atoms with Crippen LogP contribution in [0.1, 0.15) is 48.6 Å². The Balaban J connectivity index is 1.46. The molecular weight excluding hydrogens is 419 g/mol. The van der Waals surface area contributed by atoms with Crippen LogP contribution >= 0.6 is 31.9 Å². The first-order valence-electron chi connectivity index (χ1n) is 8.05. The Labute approximate surface area is 154 Å².